The first-order valence-electron chi connectivity index (χ1n) is 9.85. The Bertz CT molecular complexity index is 1240. The molecule has 6 nitrogen and oxygen atoms in total. The molecule has 37 heavy (non-hydrogen) atoms. The Hall–Kier alpha value is -4.17. The van der Waals surface area contributed by atoms with E-state index in [1.165, 1.54) is 4.98 Å². The normalized spacial score (nSPS) is 12.4. The van der Waals surface area contributed by atoms with Gasteiger partial charge in [-0.3, -0.25) is 9.59 Å². The van der Waals surface area contributed by atoms with Crippen molar-refractivity contribution in [2.45, 2.75) is 24.9 Å². The number of carbonyl (C=O) groups excluding carboxylic acids is 1. The van der Waals surface area contributed by atoms with Gasteiger partial charge in [0.05, 0.1) is 6.04 Å². The Balaban J connectivity index is 1.95. The largest absolute Gasteiger partial charge is 0.573 e. The molecular formula is C22H13F9N2O4. The van der Waals surface area contributed by atoms with Gasteiger partial charge in [0.25, 0.3) is 11.5 Å². The van der Waals surface area contributed by atoms with Crippen LogP contribution in [0, 0.1) is 0 Å². The van der Waals surface area contributed by atoms with Crippen LogP contribution in [0.4, 0.5) is 39.5 Å². The van der Waals surface area contributed by atoms with Gasteiger partial charge in [0.1, 0.15) is 22.8 Å². The fraction of sp³-hybridized carbons (Fsp3) is 0.182. The van der Waals surface area contributed by atoms with Gasteiger partial charge < -0.3 is 19.8 Å². The first kappa shape index (κ1) is 27.4. The maximum absolute atomic E-state index is 12.8. The highest BCUT2D eigenvalue weighted by atomic mass is 19.4. The monoisotopic (exact) mass is 540 g/mol. The molecule has 0 radical (unpaired) electrons. The number of amides is 1. The summed E-state index contributed by atoms with van der Waals surface area (Å²) in [7, 11) is 0. The van der Waals surface area contributed by atoms with Gasteiger partial charge in [-0.25, -0.2) is 0 Å². The fourth-order valence-corrected chi connectivity index (χ4v) is 3.11. The summed E-state index contributed by atoms with van der Waals surface area (Å²) in [6.45, 7) is 0. The van der Waals surface area contributed by atoms with Crippen molar-refractivity contribution in [2.24, 2.45) is 0 Å². The molecule has 3 rings (SSSR count). The molecule has 0 aliphatic carbocycles. The predicted molar refractivity (Wildman–Crippen MR) is 108 cm³/mol. The van der Waals surface area contributed by atoms with Crippen LogP contribution in [-0.2, 0) is 6.18 Å². The third-order valence-electron chi connectivity index (χ3n) is 4.63. The minimum Gasteiger partial charge on any atom is -0.406 e. The lowest BCUT2D eigenvalue weighted by molar-refractivity contribution is -0.275. The zero-order valence-corrected chi connectivity index (χ0v) is 17.9. The summed E-state index contributed by atoms with van der Waals surface area (Å²) in [4.78, 5) is 26.3. The van der Waals surface area contributed by atoms with Gasteiger partial charge in [-0.15, -0.1) is 26.3 Å². The van der Waals surface area contributed by atoms with E-state index >= 15 is 0 Å². The number of alkyl halides is 9. The zero-order chi connectivity index (χ0) is 27.6. The van der Waals surface area contributed by atoms with E-state index in [2.05, 4.69) is 14.8 Å². The molecule has 2 aromatic carbocycles. The molecule has 0 fully saturated rings. The van der Waals surface area contributed by atoms with Crippen molar-refractivity contribution < 1.29 is 53.8 Å². The number of ether oxygens (including phenoxy) is 2. The van der Waals surface area contributed by atoms with E-state index in [4.69, 9.17) is 0 Å². The third kappa shape index (κ3) is 7.65. The molecule has 0 aliphatic rings. The minimum atomic E-state index is -4.99. The van der Waals surface area contributed by atoms with E-state index in [9.17, 15) is 49.1 Å². The molecule has 0 saturated heterocycles. The number of hydrogen-bond acceptors (Lipinski definition) is 4. The quantitative estimate of drug-likeness (QED) is 0.393. The van der Waals surface area contributed by atoms with Crippen LogP contribution in [-0.4, -0.2) is 23.6 Å². The molecule has 0 aliphatic heterocycles. The predicted octanol–water partition coefficient (Wildman–Crippen LogP) is 5.71. The molecule has 1 heterocycles. The van der Waals surface area contributed by atoms with Crippen LogP contribution in [0.5, 0.6) is 11.5 Å². The van der Waals surface area contributed by atoms with Crippen LogP contribution in [0.3, 0.4) is 0 Å². The molecule has 0 unspecified atom stereocenters. The highest BCUT2D eigenvalue weighted by Crippen LogP contribution is 2.30. The van der Waals surface area contributed by atoms with Gasteiger partial charge in [0.2, 0.25) is 0 Å². The van der Waals surface area contributed by atoms with Crippen LogP contribution < -0.4 is 20.3 Å². The van der Waals surface area contributed by atoms with Crippen LogP contribution >= 0.6 is 0 Å². The Morgan fingerprint density at radius 2 is 1.14 bits per heavy atom. The van der Waals surface area contributed by atoms with E-state index in [0.29, 0.717) is 12.1 Å². The van der Waals surface area contributed by atoms with Crippen molar-refractivity contribution in [3.05, 3.63) is 93.4 Å². The lowest BCUT2D eigenvalue weighted by Crippen LogP contribution is -2.34. The molecule has 0 spiro atoms. The summed E-state index contributed by atoms with van der Waals surface area (Å²) < 4.78 is 121. The summed E-state index contributed by atoms with van der Waals surface area (Å²) in [6.07, 6.45) is -14.9. The number of H-pyrrole nitrogens is 1. The summed E-state index contributed by atoms with van der Waals surface area (Å²) >= 11 is 0. The molecule has 0 atom stereocenters. The Kier molecular flexibility index (Phi) is 7.46. The second-order valence-corrected chi connectivity index (χ2v) is 7.25. The number of pyridine rings is 1. The fourth-order valence-electron chi connectivity index (χ4n) is 3.11. The van der Waals surface area contributed by atoms with Gasteiger partial charge >= 0.3 is 18.9 Å². The molecule has 3 aromatic rings. The van der Waals surface area contributed by atoms with Crippen LogP contribution in [0.1, 0.15) is 33.2 Å². The average Bonchev–Trinajstić information content (AvgIpc) is 2.76. The number of carbonyl (C=O) groups is 1. The van der Waals surface area contributed by atoms with Crippen molar-refractivity contribution in [1.29, 1.82) is 0 Å². The van der Waals surface area contributed by atoms with Gasteiger partial charge in [-0.05, 0) is 47.5 Å². The third-order valence-corrected chi connectivity index (χ3v) is 4.63. The van der Waals surface area contributed by atoms with E-state index in [1.807, 2.05) is 0 Å². The maximum atomic E-state index is 12.8. The number of rotatable bonds is 6. The highest BCUT2D eigenvalue weighted by molar-refractivity contribution is 5.94. The van der Waals surface area contributed by atoms with Gasteiger partial charge in [-0.2, -0.15) is 13.2 Å². The van der Waals surface area contributed by atoms with E-state index in [0.717, 1.165) is 48.5 Å². The standard InChI is InChI=1S/C22H13F9N2O4/c23-20(24,25)16-10-9-15(18(34)32-16)19(35)33-17(11-1-5-13(6-2-11)36-21(26,27)28)12-3-7-14(8-4-12)37-22(29,30)31/h1-10,17H,(H,32,34)(H,33,35). The second kappa shape index (κ2) is 10.1. The van der Waals surface area contributed by atoms with Crippen molar-refractivity contribution in [3.63, 3.8) is 0 Å². The summed E-state index contributed by atoms with van der Waals surface area (Å²) in [6, 6.07) is 7.80. The van der Waals surface area contributed by atoms with Crippen LogP contribution in [0.2, 0.25) is 0 Å². The Labute approximate surface area is 200 Å². The number of benzene rings is 2. The number of nitrogens with one attached hydrogen (secondary N) is 2. The van der Waals surface area contributed by atoms with Gasteiger partial charge in [0, 0.05) is 0 Å². The summed E-state index contributed by atoms with van der Waals surface area (Å²) in [5.41, 5.74) is -3.33. The van der Waals surface area contributed by atoms with E-state index in [-0.39, 0.29) is 11.1 Å². The topological polar surface area (TPSA) is 80.4 Å². The van der Waals surface area contributed by atoms with Crippen molar-refractivity contribution >= 4 is 5.91 Å². The number of hydrogen-bond donors (Lipinski definition) is 2. The van der Waals surface area contributed by atoms with E-state index < -0.39 is 59.2 Å². The molecule has 1 amide bonds. The number of aromatic amines is 1. The van der Waals surface area contributed by atoms with Crippen molar-refractivity contribution in [1.82, 2.24) is 10.3 Å². The minimum absolute atomic E-state index is 0.0932. The first-order valence-corrected chi connectivity index (χ1v) is 9.85. The van der Waals surface area contributed by atoms with Crippen molar-refractivity contribution in [2.75, 3.05) is 0 Å². The molecular weight excluding hydrogens is 527 g/mol. The highest BCUT2D eigenvalue weighted by Gasteiger charge is 2.33. The van der Waals surface area contributed by atoms with Crippen molar-refractivity contribution in [3.8, 4) is 11.5 Å². The van der Waals surface area contributed by atoms with Gasteiger partial charge in [-0.1, -0.05) is 24.3 Å². The second-order valence-electron chi connectivity index (χ2n) is 7.25. The lowest BCUT2D eigenvalue weighted by Gasteiger charge is -2.21. The SMILES string of the molecule is O=C(NC(c1ccc(OC(F)(F)F)cc1)c1ccc(OC(F)(F)F)cc1)c1ccc(C(F)(F)F)[nH]c1=O. The van der Waals surface area contributed by atoms with Crippen LogP contribution in [0.15, 0.2) is 65.5 Å². The van der Waals surface area contributed by atoms with Crippen LogP contribution in [0.25, 0.3) is 0 Å². The molecule has 2 N–H and O–H groups in total. The number of halogens is 9. The molecule has 198 valence electrons. The molecule has 0 bridgehead atoms. The summed E-state index contributed by atoms with van der Waals surface area (Å²) in [5.74, 6) is -2.41. The summed E-state index contributed by atoms with van der Waals surface area (Å²) in [5, 5.41) is 2.33. The number of aromatic nitrogens is 1. The molecule has 15 heteroatoms. The molecule has 0 saturated carbocycles. The van der Waals surface area contributed by atoms with E-state index in [1.54, 1.807) is 0 Å². The Morgan fingerprint density at radius 1 is 0.703 bits per heavy atom. The lowest BCUT2D eigenvalue weighted by atomic mass is 9.98. The smallest absolute Gasteiger partial charge is 0.406 e. The average molecular weight is 540 g/mol. The Morgan fingerprint density at radius 3 is 1.49 bits per heavy atom. The molecule has 1 aromatic heterocycles. The first-order chi connectivity index (χ1) is 17.0. The maximum Gasteiger partial charge on any atom is 0.573 e. The zero-order valence-electron chi connectivity index (χ0n) is 17.9. The van der Waals surface area contributed by atoms with Gasteiger partial charge in [0.15, 0.2) is 0 Å².